The van der Waals surface area contributed by atoms with Crippen molar-refractivity contribution in [3.63, 3.8) is 0 Å². The smallest absolute Gasteiger partial charge is 0.0719 e. The predicted octanol–water partition coefficient (Wildman–Crippen LogP) is 6.36. The molecular weight excluding hydrogens is 396 g/mol. The second-order valence-corrected chi connectivity index (χ2v) is 8.96. The lowest BCUT2D eigenvalue weighted by Crippen LogP contribution is -2.15. The van der Waals surface area contributed by atoms with Crippen LogP contribution in [0.4, 0.5) is 5.69 Å². The van der Waals surface area contributed by atoms with Gasteiger partial charge in [0, 0.05) is 35.7 Å². The SMILES string of the molecule is COCCOCc1cc(NC2CCCC2)c2[nH]c(-c3ccc(C#CC(C)C)cc3)cc2c1. The van der Waals surface area contributed by atoms with Crippen LogP contribution < -0.4 is 5.32 Å². The minimum absolute atomic E-state index is 0.377. The number of benzene rings is 2. The number of hydrogen-bond acceptors (Lipinski definition) is 3. The summed E-state index contributed by atoms with van der Waals surface area (Å²) in [5, 5.41) is 5.00. The molecule has 0 radical (unpaired) electrons. The molecule has 0 spiro atoms. The van der Waals surface area contributed by atoms with Gasteiger partial charge in [0.05, 0.1) is 31.0 Å². The van der Waals surface area contributed by atoms with Crippen LogP contribution in [-0.2, 0) is 16.1 Å². The molecule has 168 valence electrons. The van der Waals surface area contributed by atoms with Gasteiger partial charge in [-0.2, -0.15) is 0 Å². The molecule has 1 heterocycles. The van der Waals surface area contributed by atoms with Gasteiger partial charge in [0.15, 0.2) is 0 Å². The lowest BCUT2D eigenvalue weighted by molar-refractivity contribution is 0.0617. The zero-order valence-corrected chi connectivity index (χ0v) is 19.5. The minimum atomic E-state index is 0.377. The van der Waals surface area contributed by atoms with Gasteiger partial charge in [0.1, 0.15) is 0 Å². The van der Waals surface area contributed by atoms with E-state index in [-0.39, 0.29) is 0 Å². The first kappa shape index (κ1) is 22.5. The van der Waals surface area contributed by atoms with Crippen molar-refractivity contribution in [1.82, 2.24) is 4.98 Å². The molecule has 1 fully saturated rings. The van der Waals surface area contributed by atoms with E-state index in [1.54, 1.807) is 7.11 Å². The lowest BCUT2D eigenvalue weighted by atomic mass is 10.1. The summed E-state index contributed by atoms with van der Waals surface area (Å²) in [6.07, 6.45) is 5.09. The van der Waals surface area contributed by atoms with E-state index < -0.39 is 0 Å². The average Bonchev–Trinajstić information content (AvgIpc) is 3.46. The predicted molar refractivity (Wildman–Crippen MR) is 133 cm³/mol. The summed E-state index contributed by atoms with van der Waals surface area (Å²) >= 11 is 0. The first-order valence-electron chi connectivity index (χ1n) is 11.7. The molecule has 4 nitrogen and oxygen atoms in total. The van der Waals surface area contributed by atoms with Crippen LogP contribution >= 0.6 is 0 Å². The van der Waals surface area contributed by atoms with Crippen LogP contribution in [0.5, 0.6) is 0 Å². The number of fused-ring (bicyclic) bond motifs is 1. The van der Waals surface area contributed by atoms with E-state index >= 15 is 0 Å². The zero-order chi connectivity index (χ0) is 22.3. The zero-order valence-electron chi connectivity index (χ0n) is 19.5. The Morgan fingerprint density at radius 1 is 1.06 bits per heavy atom. The highest BCUT2D eigenvalue weighted by atomic mass is 16.5. The fraction of sp³-hybridized carbons (Fsp3) is 0.429. The molecule has 3 aromatic rings. The van der Waals surface area contributed by atoms with E-state index in [4.69, 9.17) is 9.47 Å². The molecule has 2 N–H and O–H groups in total. The van der Waals surface area contributed by atoms with Gasteiger partial charge < -0.3 is 19.8 Å². The second-order valence-electron chi connectivity index (χ2n) is 8.96. The van der Waals surface area contributed by atoms with Gasteiger partial charge in [0.25, 0.3) is 0 Å². The first-order valence-corrected chi connectivity index (χ1v) is 11.7. The fourth-order valence-electron chi connectivity index (χ4n) is 4.24. The maximum Gasteiger partial charge on any atom is 0.0719 e. The Morgan fingerprint density at radius 3 is 2.56 bits per heavy atom. The van der Waals surface area contributed by atoms with E-state index in [0.717, 1.165) is 16.8 Å². The van der Waals surface area contributed by atoms with E-state index in [1.165, 1.54) is 47.9 Å². The van der Waals surface area contributed by atoms with Gasteiger partial charge in [-0.05, 0) is 54.3 Å². The molecular formula is C28H34N2O2. The molecule has 0 atom stereocenters. The van der Waals surface area contributed by atoms with Crippen molar-refractivity contribution in [2.45, 2.75) is 52.2 Å². The molecule has 0 unspecified atom stereocenters. The number of anilines is 1. The molecule has 1 aliphatic rings. The molecule has 0 aliphatic heterocycles. The molecule has 4 rings (SSSR count). The van der Waals surface area contributed by atoms with Gasteiger partial charge >= 0.3 is 0 Å². The Balaban J connectivity index is 1.62. The quantitative estimate of drug-likeness (QED) is 0.323. The first-order chi connectivity index (χ1) is 15.6. The Kier molecular flexibility index (Phi) is 7.52. The Labute approximate surface area is 191 Å². The van der Waals surface area contributed by atoms with Crippen molar-refractivity contribution in [3.05, 3.63) is 53.6 Å². The van der Waals surface area contributed by atoms with Crippen molar-refractivity contribution in [2.75, 3.05) is 25.6 Å². The minimum Gasteiger partial charge on any atom is -0.382 e. The third-order valence-corrected chi connectivity index (χ3v) is 5.90. The molecule has 0 saturated heterocycles. The van der Waals surface area contributed by atoms with Gasteiger partial charge in [0.2, 0.25) is 0 Å². The van der Waals surface area contributed by atoms with Crippen LogP contribution in [0, 0.1) is 17.8 Å². The van der Waals surface area contributed by atoms with Crippen LogP contribution in [0.2, 0.25) is 0 Å². The third-order valence-electron chi connectivity index (χ3n) is 5.90. The van der Waals surface area contributed by atoms with Crippen LogP contribution in [-0.4, -0.2) is 31.3 Å². The normalized spacial score (nSPS) is 14.1. The van der Waals surface area contributed by atoms with Crippen molar-refractivity contribution in [3.8, 4) is 23.1 Å². The maximum absolute atomic E-state index is 5.80. The summed E-state index contributed by atoms with van der Waals surface area (Å²) in [4.78, 5) is 3.67. The van der Waals surface area contributed by atoms with Gasteiger partial charge in [-0.1, -0.05) is 50.7 Å². The topological polar surface area (TPSA) is 46.3 Å². The highest BCUT2D eigenvalue weighted by Crippen LogP contribution is 2.33. The maximum atomic E-state index is 5.80. The number of ether oxygens (including phenoxy) is 2. The highest BCUT2D eigenvalue weighted by Gasteiger charge is 2.17. The monoisotopic (exact) mass is 430 g/mol. The molecule has 1 aliphatic carbocycles. The summed E-state index contributed by atoms with van der Waals surface area (Å²) in [5.41, 5.74) is 6.86. The number of methoxy groups -OCH3 is 1. The van der Waals surface area contributed by atoms with Crippen molar-refractivity contribution in [1.29, 1.82) is 0 Å². The summed E-state index contributed by atoms with van der Waals surface area (Å²) in [6, 6.07) is 15.7. The molecule has 1 saturated carbocycles. The molecule has 4 heteroatoms. The number of aromatic nitrogens is 1. The molecule has 2 aromatic carbocycles. The van der Waals surface area contributed by atoms with E-state index in [9.17, 15) is 0 Å². The number of rotatable bonds is 8. The molecule has 1 aromatic heterocycles. The number of nitrogens with one attached hydrogen (secondary N) is 2. The largest absolute Gasteiger partial charge is 0.382 e. The van der Waals surface area contributed by atoms with Gasteiger partial charge in [-0.15, -0.1) is 0 Å². The summed E-state index contributed by atoms with van der Waals surface area (Å²) in [6.45, 7) is 6.02. The average molecular weight is 431 g/mol. The fourth-order valence-corrected chi connectivity index (χ4v) is 4.24. The Morgan fingerprint density at radius 2 is 1.84 bits per heavy atom. The van der Waals surface area contributed by atoms with Crippen molar-refractivity contribution < 1.29 is 9.47 Å². The summed E-state index contributed by atoms with van der Waals surface area (Å²) < 4.78 is 10.9. The van der Waals surface area contributed by atoms with Gasteiger partial charge in [-0.25, -0.2) is 0 Å². The molecule has 0 amide bonds. The Bertz CT molecular complexity index is 1080. The van der Waals surface area contributed by atoms with Crippen molar-refractivity contribution in [2.24, 2.45) is 5.92 Å². The van der Waals surface area contributed by atoms with Crippen LogP contribution in [0.1, 0.15) is 50.7 Å². The number of aromatic amines is 1. The lowest BCUT2D eigenvalue weighted by Gasteiger charge is -2.16. The standard InChI is InChI=1S/C28H34N2O2/c1-20(2)8-9-21-10-12-23(13-11-21)26-18-24-16-22(19-32-15-14-31-3)17-27(28(24)30-26)29-25-6-4-5-7-25/h10-13,16-18,20,25,29-30H,4-7,14-15,19H2,1-3H3. The van der Waals surface area contributed by atoms with E-state index in [1.807, 2.05) is 0 Å². The Hall–Kier alpha value is -2.74. The molecule has 0 bridgehead atoms. The number of H-pyrrole nitrogens is 1. The van der Waals surface area contributed by atoms with Crippen LogP contribution in [0.15, 0.2) is 42.5 Å². The van der Waals surface area contributed by atoms with Gasteiger partial charge in [-0.3, -0.25) is 0 Å². The third kappa shape index (κ3) is 5.73. The number of hydrogen-bond donors (Lipinski definition) is 2. The van der Waals surface area contributed by atoms with Crippen LogP contribution in [0.3, 0.4) is 0 Å². The summed E-state index contributed by atoms with van der Waals surface area (Å²) in [7, 11) is 1.70. The highest BCUT2D eigenvalue weighted by molar-refractivity contribution is 5.95. The van der Waals surface area contributed by atoms with E-state index in [0.29, 0.717) is 31.8 Å². The van der Waals surface area contributed by atoms with E-state index in [2.05, 4.69) is 78.5 Å². The summed E-state index contributed by atoms with van der Waals surface area (Å²) in [5.74, 6) is 6.85. The van der Waals surface area contributed by atoms with Crippen LogP contribution in [0.25, 0.3) is 22.2 Å². The second kappa shape index (κ2) is 10.7. The van der Waals surface area contributed by atoms with Crippen molar-refractivity contribution >= 4 is 16.6 Å². The molecule has 32 heavy (non-hydrogen) atoms.